The number of halogens is 1. The van der Waals surface area contributed by atoms with E-state index >= 15 is 0 Å². The maximum absolute atomic E-state index is 12.0. The van der Waals surface area contributed by atoms with E-state index in [2.05, 4.69) is 6.92 Å². The van der Waals surface area contributed by atoms with E-state index in [9.17, 15) is 4.79 Å². The van der Waals surface area contributed by atoms with Gasteiger partial charge in [0.05, 0.1) is 6.04 Å². The van der Waals surface area contributed by atoms with Crippen molar-refractivity contribution < 1.29 is 4.79 Å². The second kappa shape index (κ2) is 9.36. The Labute approximate surface area is 119 Å². The highest BCUT2D eigenvalue weighted by molar-refractivity contribution is 8.00. The van der Waals surface area contributed by atoms with Gasteiger partial charge >= 0.3 is 0 Å². The molecule has 3 nitrogen and oxygen atoms in total. The van der Waals surface area contributed by atoms with Gasteiger partial charge in [0.2, 0.25) is 5.91 Å². The number of nitrogens with zero attached hydrogens (tertiary/aromatic N) is 1. The van der Waals surface area contributed by atoms with Crippen molar-refractivity contribution in [2.45, 2.75) is 31.1 Å². The van der Waals surface area contributed by atoms with Crippen LogP contribution in [0.3, 0.4) is 0 Å². The topological polar surface area (TPSA) is 46.3 Å². The zero-order chi connectivity index (χ0) is 12.0. The van der Waals surface area contributed by atoms with E-state index < -0.39 is 0 Å². The SMILES string of the molecule is CCC1CN(C(=O)[C@@H](N)CCSC)CCS1.Cl. The molecule has 0 bridgehead atoms. The maximum Gasteiger partial charge on any atom is 0.239 e. The van der Waals surface area contributed by atoms with E-state index in [1.807, 2.05) is 22.9 Å². The molecule has 2 N–H and O–H groups in total. The van der Waals surface area contributed by atoms with Gasteiger partial charge in [-0.2, -0.15) is 23.5 Å². The quantitative estimate of drug-likeness (QED) is 0.841. The van der Waals surface area contributed by atoms with E-state index in [0.717, 1.165) is 37.4 Å². The number of hydrogen-bond acceptors (Lipinski definition) is 4. The summed E-state index contributed by atoms with van der Waals surface area (Å²) in [6.07, 6.45) is 3.97. The molecule has 0 aromatic rings. The monoisotopic (exact) mass is 298 g/mol. The van der Waals surface area contributed by atoms with E-state index in [0.29, 0.717) is 5.25 Å². The van der Waals surface area contributed by atoms with Crippen LogP contribution in [-0.2, 0) is 4.79 Å². The maximum atomic E-state index is 12.0. The van der Waals surface area contributed by atoms with E-state index in [1.165, 1.54) is 0 Å². The Morgan fingerprint density at radius 1 is 1.65 bits per heavy atom. The fraction of sp³-hybridized carbons (Fsp3) is 0.909. The highest BCUT2D eigenvalue weighted by atomic mass is 35.5. The average Bonchev–Trinajstić information content (AvgIpc) is 2.35. The van der Waals surface area contributed by atoms with E-state index in [-0.39, 0.29) is 24.4 Å². The van der Waals surface area contributed by atoms with Crippen LogP contribution in [0.15, 0.2) is 0 Å². The molecule has 0 radical (unpaired) electrons. The second-order valence-corrected chi connectivity index (χ2v) is 6.47. The van der Waals surface area contributed by atoms with Crippen LogP contribution < -0.4 is 5.73 Å². The number of nitrogens with two attached hydrogens (primary N) is 1. The molecular weight excluding hydrogens is 276 g/mol. The number of thioether (sulfide) groups is 2. The Morgan fingerprint density at radius 3 is 2.94 bits per heavy atom. The van der Waals surface area contributed by atoms with Gasteiger partial charge in [0.25, 0.3) is 0 Å². The van der Waals surface area contributed by atoms with Gasteiger partial charge < -0.3 is 10.6 Å². The summed E-state index contributed by atoms with van der Waals surface area (Å²) in [5.41, 5.74) is 5.91. The molecule has 6 heteroatoms. The molecule has 1 amide bonds. The Bertz CT molecular complexity index is 232. The van der Waals surface area contributed by atoms with Gasteiger partial charge in [-0.05, 0) is 24.9 Å². The van der Waals surface area contributed by atoms with Crippen molar-refractivity contribution in [3.63, 3.8) is 0 Å². The lowest BCUT2D eigenvalue weighted by atomic mass is 10.2. The number of amides is 1. The lowest BCUT2D eigenvalue weighted by Crippen LogP contribution is -2.49. The smallest absolute Gasteiger partial charge is 0.239 e. The van der Waals surface area contributed by atoms with Crippen LogP contribution in [0.2, 0.25) is 0 Å². The molecule has 1 aliphatic heterocycles. The van der Waals surface area contributed by atoms with Gasteiger partial charge in [-0.15, -0.1) is 12.4 Å². The summed E-state index contributed by atoms with van der Waals surface area (Å²) >= 11 is 3.72. The van der Waals surface area contributed by atoms with Crippen molar-refractivity contribution in [3.8, 4) is 0 Å². The largest absolute Gasteiger partial charge is 0.339 e. The van der Waals surface area contributed by atoms with Crippen LogP contribution in [0.25, 0.3) is 0 Å². The number of carbonyl (C=O) groups excluding carboxylic acids is 1. The summed E-state index contributed by atoms with van der Waals surface area (Å²) in [6.45, 7) is 3.93. The van der Waals surface area contributed by atoms with Crippen LogP contribution in [0, 0.1) is 0 Å². The Morgan fingerprint density at radius 2 is 2.35 bits per heavy atom. The van der Waals surface area contributed by atoms with Crippen LogP contribution in [0.1, 0.15) is 19.8 Å². The molecule has 0 saturated carbocycles. The first kappa shape index (κ1) is 17.4. The summed E-state index contributed by atoms with van der Waals surface area (Å²) < 4.78 is 0. The van der Waals surface area contributed by atoms with E-state index in [1.54, 1.807) is 11.8 Å². The van der Waals surface area contributed by atoms with Gasteiger partial charge in [-0.3, -0.25) is 4.79 Å². The van der Waals surface area contributed by atoms with Gasteiger partial charge in [0.15, 0.2) is 0 Å². The van der Waals surface area contributed by atoms with Gasteiger partial charge in [0, 0.05) is 24.1 Å². The van der Waals surface area contributed by atoms with Gasteiger partial charge in [0.1, 0.15) is 0 Å². The predicted molar refractivity (Wildman–Crippen MR) is 81.3 cm³/mol. The molecule has 102 valence electrons. The average molecular weight is 299 g/mol. The third-order valence-corrected chi connectivity index (χ3v) is 4.87. The van der Waals surface area contributed by atoms with Gasteiger partial charge in [-0.25, -0.2) is 0 Å². The number of hydrogen-bond donors (Lipinski definition) is 1. The molecule has 1 rings (SSSR count). The molecule has 0 aliphatic carbocycles. The molecule has 2 atom stereocenters. The Hall–Kier alpha value is 0.420. The third-order valence-electron chi connectivity index (χ3n) is 2.86. The first-order valence-electron chi connectivity index (χ1n) is 5.84. The Kier molecular flexibility index (Phi) is 9.59. The molecule has 0 spiro atoms. The third kappa shape index (κ3) is 5.73. The summed E-state index contributed by atoms with van der Waals surface area (Å²) in [7, 11) is 0. The Balaban J connectivity index is 0.00000256. The molecule has 1 fully saturated rings. The fourth-order valence-electron chi connectivity index (χ4n) is 1.77. The lowest BCUT2D eigenvalue weighted by Gasteiger charge is -2.33. The molecule has 1 heterocycles. The van der Waals surface area contributed by atoms with Crippen molar-refractivity contribution in [1.29, 1.82) is 0 Å². The van der Waals surface area contributed by atoms with Gasteiger partial charge in [-0.1, -0.05) is 6.92 Å². The second-order valence-electron chi connectivity index (χ2n) is 4.07. The molecule has 1 unspecified atom stereocenters. The predicted octanol–water partition coefficient (Wildman–Crippen LogP) is 1.84. The standard InChI is InChI=1S/C11H22N2OS2.ClH/c1-3-9-8-13(5-7-16-9)11(14)10(12)4-6-15-2;/h9-10H,3-8,12H2,1-2H3;1H/t9?,10-;/m0./s1. The number of rotatable bonds is 5. The van der Waals surface area contributed by atoms with Crippen molar-refractivity contribution in [2.75, 3.05) is 30.9 Å². The minimum Gasteiger partial charge on any atom is -0.339 e. The fourth-order valence-corrected chi connectivity index (χ4v) is 3.44. The summed E-state index contributed by atoms with van der Waals surface area (Å²) in [5.74, 6) is 2.17. The van der Waals surface area contributed by atoms with Crippen molar-refractivity contribution >= 4 is 41.8 Å². The zero-order valence-corrected chi connectivity index (χ0v) is 13.0. The minimum atomic E-state index is -0.298. The van der Waals surface area contributed by atoms with Crippen molar-refractivity contribution in [1.82, 2.24) is 4.90 Å². The number of carbonyl (C=O) groups is 1. The summed E-state index contributed by atoms with van der Waals surface area (Å²) in [4.78, 5) is 14.0. The van der Waals surface area contributed by atoms with Crippen molar-refractivity contribution in [2.24, 2.45) is 5.73 Å². The minimum absolute atomic E-state index is 0. The lowest BCUT2D eigenvalue weighted by molar-refractivity contribution is -0.132. The highest BCUT2D eigenvalue weighted by Gasteiger charge is 2.26. The molecular formula is C11H23ClN2OS2. The van der Waals surface area contributed by atoms with Crippen LogP contribution in [0.4, 0.5) is 0 Å². The first-order valence-corrected chi connectivity index (χ1v) is 8.28. The molecule has 1 aliphatic rings. The molecule has 0 aromatic heterocycles. The normalized spacial score (nSPS) is 21.8. The summed E-state index contributed by atoms with van der Waals surface area (Å²) in [6, 6.07) is -0.298. The van der Waals surface area contributed by atoms with Crippen LogP contribution >= 0.6 is 35.9 Å². The van der Waals surface area contributed by atoms with Crippen LogP contribution in [0.5, 0.6) is 0 Å². The van der Waals surface area contributed by atoms with Crippen LogP contribution in [-0.4, -0.2) is 52.9 Å². The van der Waals surface area contributed by atoms with E-state index in [4.69, 9.17) is 5.73 Å². The zero-order valence-electron chi connectivity index (χ0n) is 10.6. The molecule has 17 heavy (non-hydrogen) atoms. The summed E-state index contributed by atoms with van der Waals surface area (Å²) in [5, 5.41) is 0.602. The first-order chi connectivity index (χ1) is 7.69. The highest BCUT2D eigenvalue weighted by Crippen LogP contribution is 2.21. The molecule has 1 saturated heterocycles. The van der Waals surface area contributed by atoms with Crippen molar-refractivity contribution in [3.05, 3.63) is 0 Å². The molecule has 0 aromatic carbocycles.